The second-order valence-electron chi connectivity index (χ2n) is 5.68. The summed E-state index contributed by atoms with van der Waals surface area (Å²) in [6.45, 7) is 6.49. The molecule has 1 fully saturated rings. The summed E-state index contributed by atoms with van der Waals surface area (Å²) in [5, 5.41) is 12.2. The maximum atomic E-state index is 12.3. The molecule has 114 valence electrons. The average Bonchev–Trinajstić information content (AvgIpc) is 2.44. The van der Waals surface area contributed by atoms with Crippen LogP contribution in [-0.2, 0) is 9.84 Å². The lowest BCUT2D eigenvalue weighted by atomic mass is 10.1. The van der Waals surface area contributed by atoms with E-state index >= 15 is 0 Å². The normalized spacial score (nSPS) is 23.7. The van der Waals surface area contributed by atoms with Crippen LogP contribution >= 0.6 is 0 Å². The molecular weight excluding hydrogens is 286 g/mol. The van der Waals surface area contributed by atoms with Gasteiger partial charge in [-0.15, -0.1) is 0 Å². The highest BCUT2D eigenvalue weighted by molar-refractivity contribution is 7.91. The Bertz CT molecular complexity index is 609. The van der Waals surface area contributed by atoms with E-state index in [-0.39, 0.29) is 10.6 Å². The number of nitrogens with one attached hydrogen (secondary N) is 1. The number of rotatable bonds is 4. The second-order valence-corrected chi connectivity index (χ2v) is 7.79. The number of sulfone groups is 1. The zero-order chi connectivity index (χ0) is 15.5. The third-order valence-corrected chi connectivity index (χ3v) is 5.36. The quantitative estimate of drug-likeness (QED) is 0.899. The third-order valence-electron chi connectivity index (χ3n) is 3.65. The van der Waals surface area contributed by atoms with Gasteiger partial charge in [-0.05, 0) is 38.1 Å². The summed E-state index contributed by atoms with van der Waals surface area (Å²) in [6.07, 6.45) is 0. The van der Waals surface area contributed by atoms with Crippen molar-refractivity contribution in [2.45, 2.75) is 30.8 Å². The zero-order valence-electron chi connectivity index (χ0n) is 12.4. The molecule has 0 aliphatic carbocycles. The summed E-state index contributed by atoms with van der Waals surface area (Å²) < 4.78 is 24.6. The molecule has 1 aliphatic rings. The number of nitrogens with zero attached hydrogens (tertiary/aromatic N) is 2. The lowest BCUT2D eigenvalue weighted by molar-refractivity contribution is 0.182. The molecule has 1 aromatic carbocycles. The molecule has 0 radical (unpaired) electrons. The van der Waals surface area contributed by atoms with Gasteiger partial charge in [0.1, 0.15) is 0 Å². The number of hydrogen-bond donors (Lipinski definition) is 1. The number of piperazine rings is 1. The Labute approximate surface area is 126 Å². The van der Waals surface area contributed by atoms with E-state index in [1.165, 1.54) is 12.1 Å². The van der Waals surface area contributed by atoms with Gasteiger partial charge in [0.05, 0.1) is 22.3 Å². The zero-order valence-corrected chi connectivity index (χ0v) is 13.2. The molecular formula is C15H21N3O2S. The molecule has 0 saturated carbocycles. The fraction of sp³-hybridized carbons (Fsp3) is 0.533. The van der Waals surface area contributed by atoms with Gasteiger partial charge in [-0.1, -0.05) is 0 Å². The maximum absolute atomic E-state index is 12.3. The molecule has 1 N–H and O–H groups in total. The minimum absolute atomic E-state index is 0.109. The summed E-state index contributed by atoms with van der Waals surface area (Å²) in [6, 6.07) is 8.86. The van der Waals surface area contributed by atoms with Crippen LogP contribution in [0.15, 0.2) is 29.2 Å². The van der Waals surface area contributed by atoms with Crippen LogP contribution in [0.4, 0.5) is 0 Å². The number of benzene rings is 1. The summed E-state index contributed by atoms with van der Waals surface area (Å²) in [7, 11) is -3.29. The molecule has 21 heavy (non-hydrogen) atoms. The molecule has 0 aromatic heterocycles. The van der Waals surface area contributed by atoms with Crippen molar-refractivity contribution in [1.29, 1.82) is 5.26 Å². The Balaban J connectivity index is 1.99. The van der Waals surface area contributed by atoms with Crippen molar-refractivity contribution in [3.8, 4) is 6.07 Å². The lowest BCUT2D eigenvalue weighted by Crippen LogP contribution is -2.54. The fourth-order valence-corrected chi connectivity index (χ4v) is 4.01. The van der Waals surface area contributed by atoms with Crippen molar-refractivity contribution in [1.82, 2.24) is 10.2 Å². The Morgan fingerprint density at radius 1 is 1.24 bits per heavy atom. The lowest BCUT2D eigenvalue weighted by Gasteiger charge is -2.36. The molecule has 2 rings (SSSR count). The molecule has 6 heteroatoms. The monoisotopic (exact) mass is 307 g/mol. The van der Waals surface area contributed by atoms with Crippen LogP contribution in [0.25, 0.3) is 0 Å². The van der Waals surface area contributed by atoms with Crippen molar-refractivity contribution in [3.05, 3.63) is 29.8 Å². The smallest absolute Gasteiger partial charge is 0.179 e. The van der Waals surface area contributed by atoms with E-state index in [1.54, 1.807) is 12.1 Å². The molecule has 2 atom stereocenters. The van der Waals surface area contributed by atoms with Gasteiger partial charge in [-0.3, -0.25) is 4.90 Å². The Morgan fingerprint density at radius 2 is 1.81 bits per heavy atom. The van der Waals surface area contributed by atoms with E-state index in [2.05, 4.69) is 24.1 Å². The first-order valence-electron chi connectivity index (χ1n) is 7.12. The van der Waals surface area contributed by atoms with Gasteiger partial charge in [0.25, 0.3) is 0 Å². The highest BCUT2D eigenvalue weighted by atomic mass is 32.2. The van der Waals surface area contributed by atoms with Crippen LogP contribution in [0.2, 0.25) is 0 Å². The predicted octanol–water partition coefficient (Wildman–Crippen LogP) is 1.01. The van der Waals surface area contributed by atoms with E-state index in [0.717, 1.165) is 13.1 Å². The minimum Gasteiger partial charge on any atom is -0.309 e. The minimum atomic E-state index is -3.29. The summed E-state index contributed by atoms with van der Waals surface area (Å²) in [5.74, 6) is 0.109. The Kier molecular flexibility index (Phi) is 4.99. The highest BCUT2D eigenvalue weighted by Crippen LogP contribution is 2.13. The fourth-order valence-electron chi connectivity index (χ4n) is 2.73. The largest absolute Gasteiger partial charge is 0.309 e. The molecule has 5 nitrogen and oxygen atoms in total. The van der Waals surface area contributed by atoms with Crippen molar-refractivity contribution >= 4 is 9.84 Å². The van der Waals surface area contributed by atoms with Crippen LogP contribution in [0.3, 0.4) is 0 Å². The molecule has 1 saturated heterocycles. The maximum Gasteiger partial charge on any atom is 0.179 e. The molecule has 1 aliphatic heterocycles. The van der Waals surface area contributed by atoms with E-state index < -0.39 is 9.84 Å². The standard InChI is InChI=1S/C15H21N3O2S/c1-12-10-18(11-13(2)17-12)7-8-21(19,20)15-5-3-14(9-16)4-6-15/h3-6,12-13,17H,7-8,10-11H2,1-2H3. The van der Waals surface area contributed by atoms with E-state index in [4.69, 9.17) is 5.26 Å². The third kappa shape index (κ3) is 4.27. The Morgan fingerprint density at radius 3 is 2.33 bits per heavy atom. The molecule has 0 spiro atoms. The predicted molar refractivity (Wildman–Crippen MR) is 81.7 cm³/mol. The first-order valence-corrected chi connectivity index (χ1v) is 8.77. The van der Waals surface area contributed by atoms with Crippen LogP contribution in [0.1, 0.15) is 19.4 Å². The van der Waals surface area contributed by atoms with Crippen LogP contribution in [0, 0.1) is 11.3 Å². The summed E-state index contributed by atoms with van der Waals surface area (Å²) in [4.78, 5) is 2.48. The van der Waals surface area contributed by atoms with Crippen molar-refractivity contribution in [2.75, 3.05) is 25.4 Å². The van der Waals surface area contributed by atoms with Crippen molar-refractivity contribution in [3.63, 3.8) is 0 Å². The van der Waals surface area contributed by atoms with Gasteiger partial charge in [0.15, 0.2) is 9.84 Å². The van der Waals surface area contributed by atoms with Gasteiger partial charge in [0, 0.05) is 31.7 Å². The van der Waals surface area contributed by atoms with Crippen molar-refractivity contribution in [2.24, 2.45) is 0 Å². The number of nitriles is 1. The van der Waals surface area contributed by atoms with Gasteiger partial charge >= 0.3 is 0 Å². The van der Waals surface area contributed by atoms with E-state index in [0.29, 0.717) is 24.2 Å². The second kappa shape index (κ2) is 6.56. The summed E-state index contributed by atoms with van der Waals surface area (Å²) >= 11 is 0. The van der Waals surface area contributed by atoms with Crippen LogP contribution < -0.4 is 5.32 Å². The molecule has 1 aromatic rings. The first kappa shape index (κ1) is 16.0. The summed E-state index contributed by atoms with van der Waals surface area (Å²) in [5.41, 5.74) is 0.471. The Hall–Kier alpha value is -1.42. The van der Waals surface area contributed by atoms with Crippen LogP contribution in [0.5, 0.6) is 0 Å². The van der Waals surface area contributed by atoms with Gasteiger partial charge in [0.2, 0.25) is 0 Å². The van der Waals surface area contributed by atoms with Crippen LogP contribution in [-0.4, -0.2) is 50.8 Å². The average molecular weight is 307 g/mol. The molecule has 0 bridgehead atoms. The topological polar surface area (TPSA) is 73.2 Å². The van der Waals surface area contributed by atoms with Crippen molar-refractivity contribution < 1.29 is 8.42 Å². The molecule has 0 amide bonds. The molecule has 1 heterocycles. The highest BCUT2D eigenvalue weighted by Gasteiger charge is 2.23. The van der Waals surface area contributed by atoms with Gasteiger partial charge in [-0.25, -0.2) is 8.42 Å². The molecule has 2 unspecified atom stereocenters. The van der Waals surface area contributed by atoms with E-state index in [9.17, 15) is 8.42 Å². The SMILES string of the molecule is CC1CN(CCS(=O)(=O)c2ccc(C#N)cc2)CC(C)N1. The van der Waals surface area contributed by atoms with E-state index in [1.807, 2.05) is 6.07 Å². The van der Waals surface area contributed by atoms with Gasteiger partial charge < -0.3 is 5.32 Å². The number of hydrogen-bond acceptors (Lipinski definition) is 5. The van der Waals surface area contributed by atoms with Gasteiger partial charge in [-0.2, -0.15) is 5.26 Å². The first-order chi connectivity index (χ1) is 9.90.